The van der Waals surface area contributed by atoms with E-state index < -0.39 is 47.2 Å². The molecule has 0 spiro atoms. The van der Waals surface area contributed by atoms with Crippen molar-refractivity contribution in [2.45, 2.75) is 91.1 Å². The molecule has 4 atom stereocenters. The third-order valence-electron chi connectivity index (χ3n) is 12.0. The molecule has 6 aromatic rings. The molecule has 5 amide bonds. The number of anilines is 4. The van der Waals surface area contributed by atoms with E-state index in [9.17, 15) is 29.1 Å². The van der Waals surface area contributed by atoms with E-state index in [0.29, 0.717) is 39.9 Å². The Morgan fingerprint density at radius 1 is 0.917 bits per heavy atom. The van der Waals surface area contributed by atoms with E-state index in [1.54, 1.807) is 65.4 Å². The second-order valence-corrected chi connectivity index (χ2v) is 19.4. The Bertz CT molecular complexity index is 2900. The second kappa shape index (κ2) is 22.9. The van der Waals surface area contributed by atoms with Crippen LogP contribution in [0.25, 0.3) is 21.8 Å². The second-order valence-electron chi connectivity index (χ2n) is 18.5. The number of carbonyl (C=O) groups is 5. The zero-order chi connectivity index (χ0) is 51.7. The van der Waals surface area contributed by atoms with Crippen molar-refractivity contribution >= 4 is 63.9 Å². The van der Waals surface area contributed by atoms with E-state index in [0.717, 1.165) is 21.7 Å². The fourth-order valence-electron chi connectivity index (χ4n) is 8.15. The fraction of sp³-hybridized carbons (Fsp3) is 0.380. The number of hydrogen-bond acceptors (Lipinski definition) is 16. The molecule has 0 radical (unpaired) electrons. The lowest BCUT2D eigenvalue weighted by Crippen LogP contribution is -2.57. The Hall–Kier alpha value is -7.85. The van der Waals surface area contributed by atoms with E-state index in [-0.39, 0.29) is 62.2 Å². The number of hydrogen-bond donors (Lipinski definition) is 7. The highest BCUT2D eigenvalue weighted by Gasteiger charge is 2.44. The molecule has 5 heterocycles. The largest absolute Gasteiger partial charge is 0.494 e. The van der Waals surface area contributed by atoms with Crippen LogP contribution >= 0.6 is 11.3 Å². The van der Waals surface area contributed by atoms with Gasteiger partial charge in [-0.25, -0.2) is 15.0 Å². The summed E-state index contributed by atoms with van der Waals surface area (Å²) in [6.07, 6.45) is 2.58. The Morgan fingerprint density at radius 3 is 2.33 bits per heavy atom. The molecule has 21 nitrogen and oxygen atoms in total. The van der Waals surface area contributed by atoms with E-state index in [4.69, 9.17) is 4.74 Å². The van der Waals surface area contributed by atoms with Gasteiger partial charge in [0.05, 0.1) is 52.3 Å². The summed E-state index contributed by atoms with van der Waals surface area (Å²) in [5.74, 6) is -0.399. The minimum atomic E-state index is -1.000. The number of carbonyl (C=O) groups excluding carboxylic acids is 5. The van der Waals surface area contributed by atoms with Gasteiger partial charge in [-0.3, -0.25) is 28.7 Å². The van der Waals surface area contributed by atoms with Crippen molar-refractivity contribution in [3.05, 3.63) is 101 Å². The first-order valence-corrected chi connectivity index (χ1v) is 24.3. The van der Waals surface area contributed by atoms with Gasteiger partial charge in [0.15, 0.2) is 23.1 Å². The average molecular weight is 1000 g/mol. The van der Waals surface area contributed by atoms with Crippen molar-refractivity contribution in [2.75, 3.05) is 31.3 Å². The maximum Gasteiger partial charge on any atom is 0.273 e. The number of thiazole rings is 1. The first-order chi connectivity index (χ1) is 34.4. The number of aliphatic hydroxyl groups is 1. The third-order valence-corrected chi connectivity index (χ3v) is 13.0. The monoisotopic (exact) mass is 1000 g/mol. The van der Waals surface area contributed by atoms with Crippen molar-refractivity contribution in [2.24, 2.45) is 12.5 Å². The zero-order valence-corrected chi connectivity index (χ0v) is 42.3. The standard InChI is InChI=1S/C50H60N14O7S/c1-28(31-16-18-32(19-17-31)44-29(2)55-27-72-44)56-47(68)37-21-33(65)25-64(37)49(70)45(50(3,4)5)59-41(67)14-10-13-40(66)53-24-30-15-20-38(52-23-30)58-39-22-36(42(61-60-39)48(69)51-6)57-35-12-9-11-34(43(35)71-8)46-54-26-63(7)62-46/h9,11-12,15-20,22-23,26-28,33,37,45,65H,10,13-14,21,24-25H2,1-8H3,(H,51,69)(H,53,66)(H,56,68)(H,59,67)(H2,52,57,58,60)/t28-,33+,37-,45+/m0/s1. The number of nitrogens with one attached hydrogen (secondary N) is 6. The number of para-hydroxylation sites is 1. The SMILES string of the molecule is CNC(=O)c1nnc(Nc2ccc(CNC(=O)CCCC(=O)N[C@H](C(=O)N3C[C@H](O)C[C@H]3C(=O)N[C@@H](C)c3ccc(-c4scnc4C)cc3)C(C)(C)C)cn2)cc1Nc1cccc(-c2ncn(C)n2)c1OC. The lowest BCUT2D eigenvalue weighted by molar-refractivity contribution is -0.144. The van der Waals surface area contributed by atoms with E-state index in [1.807, 2.05) is 71.0 Å². The summed E-state index contributed by atoms with van der Waals surface area (Å²) in [6.45, 7) is 9.40. The van der Waals surface area contributed by atoms with Gasteiger partial charge in [-0.15, -0.1) is 21.5 Å². The van der Waals surface area contributed by atoms with E-state index in [2.05, 4.69) is 62.1 Å². The summed E-state index contributed by atoms with van der Waals surface area (Å²) in [7, 11) is 4.79. The predicted molar refractivity (Wildman–Crippen MR) is 271 cm³/mol. The number of nitrogens with zero attached hydrogens (tertiary/aromatic N) is 8. The van der Waals surface area contributed by atoms with Gasteiger partial charge in [-0.05, 0) is 60.6 Å². The quantitative estimate of drug-likeness (QED) is 0.0556. The summed E-state index contributed by atoms with van der Waals surface area (Å²) >= 11 is 1.56. The maximum atomic E-state index is 14.1. The van der Waals surface area contributed by atoms with Gasteiger partial charge in [0.25, 0.3) is 5.91 Å². The predicted octanol–water partition coefficient (Wildman–Crippen LogP) is 5.11. The maximum absolute atomic E-state index is 14.1. The molecule has 72 heavy (non-hydrogen) atoms. The summed E-state index contributed by atoms with van der Waals surface area (Å²) in [5, 5.41) is 41.1. The number of methoxy groups -OCH3 is 1. The van der Waals surface area contributed by atoms with Gasteiger partial charge < -0.3 is 46.6 Å². The van der Waals surface area contributed by atoms with Gasteiger partial charge >= 0.3 is 0 Å². The number of likely N-dealkylation sites (tertiary alicyclic amines) is 1. The minimum absolute atomic E-state index is 0.0204. The van der Waals surface area contributed by atoms with Crippen LogP contribution in [0.1, 0.15) is 86.7 Å². The fourth-order valence-corrected chi connectivity index (χ4v) is 8.97. The highest BCUT2D eigenvalue weighted by molar-refractivity contribution is 7.13. The number of benzene rings is 2. The van der Waals surface area contributed by atoms with Crippen molar-refractivity contribution in [1.82, 2.24) is 61.1 Å². The highest BCUT2D eigenvalue weighted by Crippen LogP contribution is 2.37. The molecule has 1 aliphatic heterocycles. The Kier molecular flexibility index (Phi) is 16.6. The molecule has 1 fully saturated rings. The number of rotatable bonds is 19. The van der Waals surface area contributed by atoms with Crippen LogP contribution in [0.5, 0.6) is 5.75 Å². The highest BCUT2D eigenvalue weighted by atomic mass is 32.1. The van der Waals surface area contributed by atoms with Crippen LogP contribution in [0, 0.1) is 12.3 Å². The molecular weight excluding hydrogens is 941 g/mol. The van der Waals surface area contributed by atoms with Gasteiger partial charge in [0.1, 0.15) is 24.2 Å². The molecule has 22 heteroatoms. The number of β-amino-alcohol motifs (C(OH)–C–C–N with tert-alkyl or cyclic N) is 1. The number of aryl methyl sites for hydroxylation is 2. The molecule has 0 saturated carbocycles. The summed E-state index contributed by atoms with van der Waals surface area (Å²) in [5.41, 5.74) is 6.18. The summed E-state index contributed by atoms with van der Waals surface area (Å²) in [4.78, 5) is 82.4. The van der Waals surface area contributed by atoms with Crippen molar-refractivity contribution in [1.29, 1.82) is 0 Å². The van der Waals surface area contributed by atoms with Crippen LogP contribution in [-0.4, -0.2) is 113 Å². The van der Waals surface area contributed by atoms with E-state index in [1.165, 1.54) is 19.1 Å². The molecule has 1 aliphatic rings. The lowest BCUT2D eigenvalue weighted by Gasteiger charge is -2.35. The number of ether oxygens (including phenoxy) is 1. The van der Waals surface area contributed by atoms with Crippen molar-refractivity contribution in [3.8, 4) is 27.6 Å². The smallest absolute Gasteiger partial charge is 0.273 e. The molecule has 2 aromatic carbocycles. The Balaban J connectivity index is 0.887. The topological polar surface area (TPSA) is 272 Å². The molecule has 0 unspecified atom stereocenters. The normalized spacial score (nSPS) is 15.3. The molecule has 0 aliphatic carbocycles. The summed E-state index contributed by atoms with van der Waals surface area (Å²) in [6, 6.07) is 16.1. The van der Waals surface area contributed by atoms with Gasteiger partial charge in [0, 0.05) is 58.7 Å². The lowest BCUT2D eigenvalue weighted by atomic mass is 9.85. The average Bonchev–Trinajstić information content (AvgIpc) is 4.11. The molecule has 0 bridgehead atoms. The first kappa shape index (κ1) is 52.0. The molecular formula is C50H60N14O7S. The Labute approximate surface area is 421 Å². The van der Waals surface area contributed by atoms with Crippen LogP contribution in [0.3, 0.4) is 0 Å². The van der Waals surface area contributed by atoms with E-state index >= 15 is 0 Å². The number of aliphatic hydroxyl groups excluding tert-OH is 1. The van der Waals surface area contributed by atoms with Gasteiger partial charge in [0.2, 0.25) is 23.6 Å². The van der Waals surface area contributed by atoms with Crippen LogP contribution in [0.15, 0.2) is 78.7 Å². The zero-order valence-electron chi connectivity index (χ0n) is 41.4. The van der Waals surface area contributed by atoms with Gasteiger partial charge in [-0.1, -0.05) is 57.2 Å². The van der Waals surface area contributed by atoms with Gasteiger partial charge in [-0.2, -0.15) is 5.10 Å². The number of amides is 5. The molecule has 4 aromatic heterocycles. The van der Waals surface area contributed by atoms with Crippen LogP contribution in [0.2, 0.25) is 0 Å². The summed E-state index contributed by atoms with van der Waals surface area (Å²) < 4.78 is 7.32. The number of pyridine rings is 1. The van der Waals surface area contributed by atoms with Crippen LogP contribution in [0.4, 0.5) is 23.0 Å². The number of aromatic nitrogens is 7. The third kappa shape index (κ3) is 12.7. The van der Waals surface area contributed by atoms with Crippen LogP contribution in [-0.2, 0) is 32.8 Å². The molecule has 378 valence electrons. The molecule has 7 N–H and O–H groups in total. The van der Waals surface area contributed by atoms with Crippen molar-refractivity contribution in [3.63, 3.8) is 0 Å². The minimum Gasteiger partial charge on any atom is -0.494 e. The Morgan fingerprint density at radius 2 is 1.68 bits per heavy atom. The van der Waals surface area contributed by atoms with Crippen LogP contribution < -0.4 is 36.6 Å². The van der Waals surface area contributed by atoms with Crippen molar-refractivity contribution < 1.29 is 33.8 Å². The first-order valence-electron chi connectivity index (χ1n) is 23.4. The molecule has 1 saturated heterocycles. The molecule has 7 rings (SSSR count).